The molecule has 1 aliphatic carbocycles. The molecular formula is C13H15F3O2. The number of rotatable bonds is 3. The van der Waals surface area contributed by atoms with E-state index in [4.69, 9.17) is 4.74 Å². The second-order valence-electron chi connectivity index (χ2n) is 4.74. The van der Waals surface area contributed by atoms with Crippen LogP contribution in [0, 0.1) is 12.8 Å². The summed E-state index contributed by atoms with van der Waals surface area (Å²) in [7, 11) is 1.30. The van der Waals surface area contributed by atoms with Gasteiger partial charge in [0.15, 0.2) is 5.60 Å². The van der Waals surface area contributed by atoms with Crippen LogP contribution in [0.1, 0.15) is 24.0 Å². The summed E-state index contributed by atoms with van der Waals surface area (Å²) in [5.74, 6) is -0.694. The van der Waals surface area contributed by atoms with Crippen LogP contribution in [-0.4, -0.2) is 18.4 Å². The smallest absolute Gasteiger partial charge is 0.421 e. The molecule has 1 unspecified atom stereocenters. The summed E-state index contributed by atoms with van der Waals surface area (Å²) in [6, 6.07) is 4.47. The summed E-state index contributed by atoms with van der Waals surface area (Å²) >= 11 is 0. The number of benzene rings is 1. The Labute approximate surface area is 103 Å². The molecule has 1 saturated carbocycles. The molecule has 0 bridgehead atoms. The normalized spacial score (nSPS) is 19.4. The minimum absolute atomic E-state index is 0.0762. The van der Waals surface area contributed by atoms with E-state index in [1.165, 1.54) is 19.2 Å². The van der Waals surface area contributed by atoms with Crippen LogP contribution in [0.3, 0.4) is 0 Å². The Bertz CT molecular complexity index is 452. The number of aliphatic hydroxyl groups is 1. The predicted octanol–water partition coefficient (Wildman–Crippen LogP) is 3.16. The van der Waals surface area contributed by atoms with Gasteiger partial charge in [0.05, 0.1) is 7.11 Å². The molecule has 2 nitrogen and oxygen atoms in total. The number of alkyl halides is 3. The van der Waals surface area contributed by atoms with Crippen LogP contribution >= 0.6 is 0 Å². The van der Waals surface area contributed by atoms with E-state index in [0.29, 0.717) is 18.4 Å². The van der Waals surface area contributed by atoms with Gasteiger partial charge in [-0.1, -0.05) is 11.6 Å². The fraction of sp³-hybridized carbons (Fsp3) is 0.538. The lowest BCUT2D eigenvalue weighted by molar-refractivity contribution is -0.275. The maximum Gasteiger partial charge on any atom is 0.421 e. The van der Waals surface area contributed by atoms with Gasteiger partial charge in [0.2, 0.25) is 0 Å². The van der Waals surface area contributed by atoms with E-state index in [1.54, 1.807) is 13.0 Å². The highest BCUT2D eigenvalue weighted by Crippen LogP contribution is 2.56. The molecule has 0 amide bonds. The van der Waals surface area contributed by atoms with Crippen LogP contribution in [-0.2, 0) is 5.60 Å². The lowest BCUT2D eigenvalue weighted by Crippen LogP contribution is -2.44. The zero-order chi connectivity index (χ0) is 13.6. The topological polar surface area (TPSA) is 29.5 Å². The molecule has 18 heavy (non-hydrogen) atoms. The van der Waals surface area contributed by atoms with Gasteiger partial charge < -0.3 is 9.84 Å². The molecule has 0 radical (unpaired) electrons. The quantitative estimate of drug-likeness (QED) is 0.904. The molecule has 0 aromatic heterocycles. The van der Waals surface area contributed by atoms with Gasteiger partial charge in [-0.3, -0.25) is 0 Å². The first-order chi connectivity index (χ1) is 8.30. The van der Waals surface area contributed by atoms with E-state index < -0.39 is 17.7 Å². The van der Waals surface area contributed by atoms with Crippen molar-refractivity contribution in [2.75, 3.05) is 7.11 Å². The summed E-state index contributed by atoms with van der Waals surface area (Å²) in [5, 5.41) is 10.2. The van der Waals surface area contributed by atoms with Gasteiger partial charge in [0, 0.05) is 11.5 Å². The molecule has 2 rings (SSSR count). The standard InChI is InChI=1S/C13H15F3O2/c1-8-3-6-11(18-2)10(7-8)12(17,9-4-5-9)13(14,15)16/h3,6-7,9,17H,4-5H2,1-2H3. The predicted molar refractivity (Wildman–Crippen MR) is 60.4 cm³/mol. The van der Waals surface area contributed by atoms with Crippen molar-refractivity contribution in [3.05, 3.63) is 29.3 Å². The Kier molecular flexibility index (Phi) is 3.05. The molecule has 1 aliphatic rings. The Morgan fingerprint density at radius 2 is 1.89 bits per heavy atom. The van der Waals surface area contributed by atoms with Gasteiger partial charge in [0.1, 0.15) is 5.75 Å². The monoisotopic (exact) mass is 260 g/mol. The number of methoxy groups -OCH3 is 1. The van der Waals surface area contributed by atoms with E-state index in [1.807, 2.05) is 0 Å². The van der Waals surface area contributed by atoms with Gasteiger partial charge in [-0.25, -0.2) is 0 Å². The van der Waals surface area contributed by atoms with Gasteiger partial charge in [0.25, 0.3) is 0 Å². The molecule has 0 spiro atoms. The zero-order valence-electron chi connectivity index (χ0n) is 10.2. The second kappa shape index (κ2) is 4.16. The van der Waals surface area contributed by atoms with E-state index in [0.717, 1.165) is 0 Å². The Hall–Kier alpha value is -1.23. The highest BCUT2D eigenvalue weighted by molar-refractivity contribution is 5.43. The summed E-state index contributed by atoms with van der Waals surface area (Å²) < 4.78 is 44.6. The third kappa shape index (κ3) is 1.96. The van der Waals surface area contributed by atoms with Crippen molar-refractivity contribution in [2.45, 2.75) is 31.5 Å². The van der Waals surface area contributed by atoms with Crippen molar-refractivity contribution in [1.29, 1.82) is 0 Å². The lowest BCUT2D eigenvalue weighted by atomic mass is 9.86. The van der Waals surface area contributed by atoms with Crippen molar-refractivity contribution in [1.82, 2.24) is 0 Å². The zero-order valence-corrected chi connectivity index (χ0v) is 10.2. The minimum Gasteiger partial charge on any atom is -0.496 e. The van der Waals surface area contributed by atoms with Gasteiger partial charge in [-0.15, -0.1) is 0 Å². The molecule has 1 fully saturated rings. The average Bonchev–Trinajstić information content (AvgIpc) is 3.10. The maximum atomic E-state index is 13.2. The number of hydrogen-bond donors (Lipinski definition) is 1. The van der Waals surface area contributed by atoms with Gasteiger partial charge in [-0.05, 0) is 31.9 Å². The van der Waals surface area contributed by atoms with Crippen LogP contribution in [0.15, 0.2) is 18.2 Å². The van der Waals surface area contributed by atoms with Crippen LogP contribution in [0.4, 0.5) is 13.2 Å². The molecule has 1 aromatic rings. The average molecular weight is 260 g/mol. The van der Waals surface area contributed by atoms with Crippen molar-refractivity contribution < 1.29 is 23.0 Å². The first-order valence-electron chi connectivity index (χ1n) is 5.75. The fourth-order valence-corrected chi connectivity index (χ4v) is 2.22. The lowest BCUT2D eigenvalue weighted by Gasteiger charge is -2.32. The summed E-state index contributed by atoms with van der Waals surface area (Å²) in [6.07, 6.45) is -3.94. The Morgan fingerprint density at radius 3 is 2.33 bits per heavy atom. The highest BCUT2D eigenvalue weighted by Gasteiger charge is 2.63. The largest absolute Gasteiger partial charge is 0.496 e. The van der Waals surface area contributed by atoms with Crippen molar-refractivity contribution in [3.63, 3.8) is 0 Å². The molecule has 0 saturated heterocycles. The maximum absolute atomic E-state index is 13.2. The number of ether oxygens (including phenoxy) is 1. The Balaban J connectivity index is 2.59. The number of halogens is 3. The van der Waals surface area contributed by atoms with Crippen LogP contribution in [0.2, 0.25) is 0 Å². The van der Waals surface area contributed by atoms with E-state index in [2.05, 4.69) is 0 Å². The first-order valence-corrected chi connectivity index (χ1v) is 5.75. The first kappa shape index (κ1) is 13.2. The molecule has 100 valence electrons. The summed E-state index contributed by atoms with van der Waals surface area (Å²) in [4.78, 5) is 0. The van der Waals surface area contributed by atoms with E-state index in [-0.39, 0.29) is 11.3 Å². The van der Waals surface area contributed by atoms with E-state index in [9.17, 15) is 18.3 Å². The minimum atomic E-state index is -4.70. The Morgan fingerprint density at radius 1 is 1.28 bits per heavy atom. The van der Waals surface area contributed by atoms with Crippen LogP contribution < -0.4 is 4.74 Å². The highest BCUT2D eigenvalue weighted by atomic mass is 19.4. The van der Waals surface area contributed by atoms with Gasteiger partial charge in [-0.2, -0.15) is 13.2 Å². The second-order valence-corrected chi connectivity index (χ2v) is 4.74. The summed E-state index contributed by atoms with van der Waals surface area (Å²) in [6.45, 7) is 1.69. The van der Waals surface area contributed by atoms with E-state index >= 15 is 0 Å². The number of hydrogen-bond acceptors (Lipinski definition) is 2. The van der Waals surface area contributed by atoms with Gasteiger partial charge >= 0.3 is 6.18 Å². The molecule has 0 heterocycles. The molecule has 1 atom stereocenters. The molecule has 1 aromatic carbocycles. The third-order valence-electron chi connectivity index (χ3n) is 3.37. The van der Waals surface area contributed by atoms with Crippen molar-refractivity contribution in [2.24, 2.45) is 5.92 Å². The van der Waals surface area contributed by atoms with Crippen molar-refractivity contribution >= 4 is 0 Å². The molecule has 1 N–H and O–H groups in total. The molecule has 5 heteroatoms. The molecular weight excluding hydrogens is 245 g/mol. The summed E-state index contributed by atoms with van der Waals surface area (Å²) in [5.41, 5.74) is -2.32. The number of aryl methyl sites for hydroxylation is 1. The van der Waals surface area contributed by atoms with Crippen molar-refractivity contribution in [3.8, 4) is 5.75 Å². The molecule has 0 aliphatic heterocycles. The SMILES string of the molecule is COc1ccc(C)cc1C(O)(C1CC1)C(F)(F)F. The van der Waals surface area contributed by atoms with Crippen LogP contribution in [0.5, 0.6) is 5.75 Å². The fourth-order valence-electron chi connectivity index (χ4n) is 2.22. The third-order valence-corrected chi connectivity index (χ3v) is 3.37. The van der Waals surface area contributed by atoms with Crippen LogP contribution in [0.25, 0.3) is 0 Å².